The van der Waals surface area contributed by atoms with Crippen molar-refractivity contribution >= 4 is 11.3 Å². The summed E-state index contributed by atoms with van der Waals surface area (Å²) in [5.74, 6) is 1.77. The van der Waals surface area contributed by atoms with E-state index in [9.17, 15) is 0 Å². The van der Waals surface area contributed by atoms with Crippen LogP contribution in [0.5, 0.6) is 0 Å². The van der Waals surface area contributed by atoms with Crippen molar-refractivity contribution in [3.05, 3.63) is 21.9 Å². The molecule has 1 fully saturated rings. The van der Waals surface area contributed by atoms with E-state index in [0.717, 1.165) is 18.4 Å². The third kappa shape index (κ3) is 3.61. The molecule has 3 unspecified atom stereocenters. The highest BCUT2D eigenvalue weighted by Crippen LogP contribution is 2.42. The monoisotopic (exact) mass is 279 g/mol. The molecule has 108 valence electrons. The first-order valence-corrected chi connectivity index (χ1v) is 8.93. The summed E-state index contributed by atoms with van der Waals surface area (Å²) in [6.07, 6.45) is 8.30. The number of thiophene rings is 1. The summed E-state index contributed by atoms with van der Waals surface area (Å²) < 4.78 is 0. The number of nitrogens with one attached hydrogen (secondary N) is 1. The van der Waals surface area contributed by atoms with Crippen molar-refractivity contribution in [2.24, 2.45) is 11.8 Å². The first kappa shape index (κ1) is 15.1. The van der Waals surface area contributed by atoms with Crippen molar-refractivity contribution < 1.29 is 0 Å². The quantitative estimate of drug-likeness (QED) is 0.743. The van der Waals surface area contributed by atoms with Crippen molar-refractivity contribution in [2.45, 2.75) is 65.3 Å². The van der Waals surface area contributed by atoms with Gasteiger partial charge in [-0.25, -0.2) is 0 Å². The van der Waals surface area contributed by atoms with Crippen LogP contribution >= 0.6 is 11.3 Å². The van der Waals surface area contributed by atoms with E-state index in [1.54, 1.807) is 4.88 Å². The molecule has 2 heteroatoms. The normalized spacial score (nSPS) is 25.4. The van der Waals surface area contributed by atoms with Gasteiger partial charge in [-0.05, 0) is 55.2 Å². The fourth-order valence-corrected chi connectivity index (χ4v) is 4.70. The molecule has 0 bridgehead atoms. The van der Waals surface area contributed by atoms with E-state index >= 15 is 0 Å². The zero-order chi connectivity index (χ0) is 13.7. The molecule has 1 aromatic rings. The predicted octanol–water partition coefficient (Wildman–Crippen LogP) is 5.31. The maximum atomic E-state index is 3.86. The molecule has 1 aromatic heterocycles. The Bertz CT molecular complexity index is 371. The van der Waals surface area contributed by atoms with Gasteiger partial charge in [0.1, 0.15) is 0 Å². The molecule has 1 nitrogen and oxygen atoms in total. The lowest BCUT2D eigenvalue weighted by molar-refractivity contribution is 0.177. The molecule has 1 N–H and O–H groups in total. The van der Waals surface area contributed by atoms with Crippen LogP contribution < -0.4 is 5.32 Å². The summed E-state index contributed by atoms with van der Waals surface area (Å²) in [4.78, 5) is 1.60. The first-order chi connectivity index (χ1) is 9.27. The van der Waals surface area contributed by atoms with Crippen LogP contribution in [0.2, 0.25) is 0 Å². The zero-order valence-electron chi connectivity index (χ0n) is 12.7. The van der Waals surface area contributed by atoms with Gasteiger partial charge in [0.2, 0.25) is 0 Å². The molecule has 1 aliphatic carbocycles. The van der Waals surface area contributed by atoms with Gasteiger partial charge in [0.05, 0.1) is 0 Å². The molecule has 0 saturated heterocycles. The molecule has 1 aliphatic rings. The Hall–Kier alpha value is -0.340. The van der Waals surface area contributed by atoms with Crippen molar-refractivity contribution in [3.63, 3.8) is 0 Å². The molecule has 0 aromatic carbocycles. The fraction of sp³-hybridized carbons (Fsp3) is 0.765. The number of aryl methyl sites for hydroxylation is 1. The number of rotatable bonds is 6. The standard InChI is InChI=1S/C17H29NS/c1-4-11-18-16(17-13(3)10-12-19-17)15-9-7-6-8-14(15)5-2/h10,12,14-16,18H,4-9,11H2,1-3H3. The Labute approximate surface area is 122 Å². The van der Waals surface area contributed by atoms with Crippen LogP contribution in [0.25, 0.3) is 0 Å². The van der Waals surface area contributed by atoms with Gasteiger partial charge in [-0.1, -0.05) is 39.5 Å². The molecule has 19 heavy (non-hydrogen) atoms. The van der Waals surface area contributed by atoms with Crippen molar-refractivity contribution in [3.8, 4) is 0 Å². The van der Waals surface area contributed by atoms with Crippen LogP contribution in [0.1, 0.15) is 68.9 Å². The van der Waals surface area contributed by atoms with Gasteiger partial charge >= 0.3 is 0 Å². The number of hydrogen-bond donors (Lipinski definition) is 1. The first-order valence-electron chi connectivity index (χ1n) is 8.05. The zero-order valence-corrected chi connectivity index (χ0v) is 13.6. The van der Waals surface area contributed by atoms with Gasteiger partial charge in [0, 0.05) is 10.9 Å². The average Bonchev–Trinajstić information content (AvgIpc) is 2.86. The highest BCUT2D eigenvalue weighted by molar-refractivity contribution is 7.10. The largest absolute Gasteiger partial charge is 0.309 e. The molecule has 0 spiro atoms. The second-order valence-electron chi connectivity index (χ2n) is 6.02. The van der Waals surface area contributed by atoms with Gasteiger partial charge in [0.15, 0.2) is 0 Å². The molecule has 0 aliphatic heterocycles. The van der Waals surface area contributed by atoms with E-state index in [-0.39, 0.29) is 0 Å². The van der Waals surface area contributed by atoms with Gasteiger partial charge in [-0.3, -0.25) is 0 Å². The minimum Gasteiger partial charge on any atom is -0.309 e. The van der Waals surface area contributed by atoms with E-state index in [1.165, 1.54) is 44.1 Å². The highest BCUT2D eigenvalue weighted by atomic mass is 32.1. The molecule has 3 atom stereocenters. The molecule has 0 amide bonds. The summed E-state index contributed by atoms with van der Waals surface area (Å²) in [6, 6.07) is 2.88. The van der Waals surface area contributed by atoms with E-state index in [2.05, 4.69) is 37.5 Å². The number of hydrogen-bond acceptors (Lipinski definition) is 2. The summed E-state index contributed by atoms with van der Waals surface area (Å²) in [7, 11) is 0. The highest BCUT2D eigenvalue weighted by Gasteiger charge is 2.32. The van der Waals surface area contributed by atoms with Crippen molar-refractivity contribution in [2.75, 3.05) is 6.54 Å². The van der Waals surface area contributed by atoms with E-state index in [1.807, 2.05) is 11.3 Å². The van der Waals surface area contributed by atoms with E-state index < -0.39 is 0 Å². The van der Waals surface area contributed by atoms with Gasteiger partial charge in [-0.15, -0.1) is 11.3 Å². The average molecular weight is 279 g/mol. The third-order valence-electron chi connectivity index (χ3n) is 4.72. The SMILES string of the molecule is CCCNC(c1sccc1C)C1CCCCC1CC. The van der Waals surface area contributed by atoms with E-state index in [4.69, 9.17) is 0 Å². The van der Waals surface area contributed by atoms with Crippen molar-refractivity contribution in [1.82, 2.24) is 5.32 Å². The van der Waals surface area contributed by atoms with Crippen LogP contribution in [0.4, 0.5) is 0 Å². The van der Waals surface area contributed by atoms with Crippen molar-refractivity contribution in [1.29, 1.82) is 0 Å². The third-order valence-corrected chi connectivity index (χ3v) is 5.82. The topological polar surface area (TPSA) is 12.0 Å². The summed E-state index contributed by atoms with van der Waals surface area (Å²) in [5, 5.41) is 6.12. The molecular weight excluding hydrogens is 250 g/mol. The maximum Gasteiger partial charge on any atom is 0.0448 e. The molecular formula is C17H29NS. The van der Waals surface area contributed by atoms with Crippen LogP contribution in [-0.4, -0.2) is 6.54 Å². The van der Waals surface area contributed by atoms with Crippen LogP contribution in [0.3, 0.4) is 0 Å². The van der Waals surface area contributed by atoms with Gasteiger partial charge in [-0.2, -0.15) is 0 Å². The van der Waals surface area contributed by atoms with Crippen LogP contribution in [0, 0.1) is 18.8 Å². The minimum atomic E-state index is 0.602. The lowest BCUT2D eigenvalue weighted by Crippen LogP contribution is -2.34. The Balaban J connectivity index is 2.18. The minimum absolute atomic E-state index is 0.602. The Morgan fingerprint density at radius 3 is 2.74 bits per heavy atom. The van der Waals surface area contributed by atoms with Crippen LogP contribution in [-0.2, 0) is 0 Å². The predicted molar refractivity (Wildman–Crippen MR) is 85.8 cm³/mol. The molecule has 1 saturated carbocycles. The van der Waals surface area contributed by atoms with Crippen LogP contribution in [0.15, 0.2) is 11.4 Å². The lowest BCUT2D eigenvalue weighted by atomic mass is 9.73. The maximum absolute atomic E-state index is 3.86. The summed E-state index contributed by atoms with van der Waals surface area (Å²) >= 11 is 1.95. The fourth-order valence-electron chi connectivity index (χ4n) is 3.62. The van der Waals surface area contributed by atoms with E-state index in [0.29, 0.717) is 6.04 Å². The second-order valence-corrected chi connectivity index (χ2v) is 6.96. The smallest absolute Gasteiger partial charge is 0.0448 e. The summed E-state index contributed by atoms with van der Waals surface area (Å²) in [5.41, 5.74) is 1.49. The molecule has 2 rings (SSSR count). The molecule has 0 radical (unpaired) electrons. The lowest BCUT2D eigenvalue weighted by Gasteiger charge is -2.37. The Kier molecular flexibility index (Phi) is 5.90. The Morgan fingerprint density at radius 1 is 1.32 bits per heavy atom. The second kappa shape index (κ2) is 7.44. The summed E-state index contributed by atoms with van der Waals surface area (Å²) in [6.45, 7) is 8.07. The molecule has 1 heterocycles. The van der Waals surface area contributed by atoms with Gasteiger partial charge < -0.3 is 5.32 Å². The Morgan fingerprint density at radius 2 is 2.11 bits per heavy atom. The van der Waals surface area contributed by atoms with Gasteiger partial charge in [0.25, 0.3) is 0 Å².